The van der Waals surface area contributed by atoms with E-state index in [0.717, 1.165) is 10.8 Å². The van der Waals surface area contributed by atoms with Crippen LogP contribution in [0.3, 0.4) is 0 Å². The second-order valence-corrected chi connectivity index (χ2v) is 4.57. The highest BCUT2D eigenvalue weighted by atomic mass is 16.3. The Balaban J connectivity index is 2.21. The predicted octanol–water partition coefficient (Wildman–Crippen LogP) is 1.31. The van der Waals surface area contributed by atoms with Crippen LogP contribution in [0.1, 0.15) is 17.3 Å². The third kappa shape index (κ3) is 3.10. The van der Waals surface area contributed by atoms with Crippen molar-refractivity contribution in [2.45, 2.75) is 19.1 Å². The summed E-state index contributed by atoms with van der Waals surface area (Å²) in [5.74, 6) is -0.300. The van der Waals surface area contributed by atoms with Crippen LogP contribution in [0.2, 0.25) is 0 Å². The molecule has 1 amide bonds. The van der Waals surface area contributed by atoms with Crippen LogP contribution in [-0.2, 0) is 0 Å². The molecule has 0 radical (unpaired) electrons. The molecule has 0 aromatic heterocycles. The van der Waals surface area contributed by atoms with Crippen LogP contribution in [0.25, 0.3) is 10.8 Å². The van der Waals surface area contributed by atoms with E-state index in [1.165, 1.54) is 6.92 Å². The summed E-state index contributed by atoms with van der Waals surface area (Å²) >= 11 is 0. The number of amides is 1. The Morgan fingerprint density at radius 2 is 1.89 bits per heavy atom. The van der Waals surface area contributed by atoms with Crippen molar-refractivity contribution in [3.63, 3.8) is 0 Å². The van der Waals surface area contributed by atoms with Gasteiger partial charge in [-0.05, 0) is 29.8 Å². The van der Waals surface area contributed by atoms with E-state index in [4.69, 9.17) is 5.11 Å². The molecule has 0 aliphatic rings. The molecular weight excluding hydrogens is 242 g/mol. The molecule has 0 saturated heterocycles. The monoisotopic (exact) mass is 259 g/mol. The van der Waals surface area contributed by atoms with E-state index >= 15 is 0 Å². The number of aliphatic hydroxyl groups is 2. The second kappa shape index (κ2) is 5.82. The van der Waals surface area contributed by atoms with Crippen molar-refractivity contribution in [2.24, 2.45) is 0 Å². The molecule has 3 N–H and O–H groups in total. The molecule has 2 atom stereocenters. The molecule has 1 unspecified atom stereocenters. The van der Waals surface area contributed by atoms with E-state index in [1.54, 1.807) is 12.1 Å². The largest absolute Gasteiger partial charge is 0.394 e. The highest BCUT2D eigenvalue weighted by Crippen LogP contribution is 2.15. The highest BCUT2D eigenvalue weighted by molar-refractivity contribution is 5.98. The van der Waals surface area contributed by atoms with Crippen molar-refractivity contribution < 1.29 is 15.0 Å². The quantitative estimate of drug-likeness (QED) is 0.775. The van der Waals surface area contributed by atoms with Crippen LogP contribution in [0.15, 0.2) is 42.5 Å². The van der Waals surface area contributed by atoms with Gasteiger partial charge in [0, 0.05) is 5.56 Å². The number of fused-ring (bicyclic) bond motifs is 1. The Labute approximate surface area is 111 Å². The summed E-state index contributed by atoms with van der Waals surface area (Å²) < 4.78 is 0. The second-order valence-electron chi connectivity index (χ2n) is 4.57. The molecule has 100 valence electrons. The Hall–Kier alpha value is -1.91. The van der Waals surface area contributed by atoms with E-state index in [-0.39, 0.29) is 12.5 Å². The lowest BCUT2D eigenvalue weighted by Gasteiger charge is -2.19. The first-order valence-electron chi connectivity index (χ1n) is 6.20. The molecule has 4 nitrogen and oxygen atoms in total. The molecule has 0 aliphatic heterocycles. The minimum atomic E-state index is -0.797. The van der Waals surface area contributed by atoms with E-state index in [2.05, 4.69) is 5.32 Å². The predicted molar refractivity (Wildman–Crippen MR) is 74.0 cm³/mol. The van der Waals surface area contributed by atoms with Crippen LogP contribution in [0.5, 0.6) is 0 Å². The Morgan fingerprint density at radius 1 is 1.21 bits per heavy atom. The zero-order valence-electron chi connectivity index (χ0n) is 10.7. The van der Waals surface area contributed by atoms with Gasteiger partial charge in [0.15, 0.2) is 0 Å². The van der Waals surface area contributed by atoms with Gasteiger partial charge in [-0.3, -0.25) is 4.79 Å². The minimum absolute atomic E-state index is 0.295. The summed E-state index contributed by atoms with van der Waals surface area (Å²) in [6.45, 7) is 1.23. The normalized spacial score (nSPS) is 14.1. The van der Waals surface area contributed by atoms with Crippen LogP contribution in [0, 0.1) is 0 Å². The maximum Gasteiger partial charge on any atom is 0.251 e. The Bertz CT molecular complexity index is 580. The number of benzene rings is 2. The first-order valence-corrected chi connectivity index (χ1v) is 6.20. The first kappa shape index (κ1) is 13.5. The van der Waals surface area contributed by atoms with E-state index in [0.29, 0.717) is 5.56 Å². The third-order valence-corrected chi connectivity index (χ3v) is 3.11. The van der Waals surface area contributed by atoms with Crippen molar-refractivity contribution in [1.82, 2.24) is 5.32 Å². The van der Waals surface area contributed by atoms with Crippen molar-refractivity contribution in [2.75, 3.05) is 6.61 Å². The number of rotatable bonds is 4. The van der Waals surface area contributed by atoms with Crippen LogP contribution >= 0.6 is 0 Å². The molecule has 2 aromatic carbocycles. The lowest BCUT2D eigenvalue weighted by atomic mass is 10.1. The minimum Gasteiger partial charge on any atom is -0.394 e. The number of aliphatic hydroxyl groups excluding tert-OH is 2. The third-order valence-electron chi connectivity index (χ3n) is 3.11. The first-order chi connectivity index (χ1) is 9.11. The maximum atomic E-state index is 12.0. The highest BCUT2D eigenvalue weighted by Gasteiger charge is 2.17. The summed E-state index contributed by atoms with van der Waals surface area (Å²) in [4.78, 5) is 12.0. The van der Waals surface area contributed by atoms with Gasteiger partial charge in [-0.25, -0.2) is 0 Å². The smallest absolute Gasteiger partial charge is 0.251 e. The van der Waals surface area contributed by atoms with Crippen molar-refractivity contribution >= 4 is 16.7 Å². The number of hydrogen-bond acceptors (Lipinski definition) is 3. The zero-order chi connectivity index (χ0) is 13.8. The average Bonchev–Trinajstić information content (AvgIpc) is 2.43. The fraction of sp³-hybridized carbons (Fsp3) is 0.267. The molecule has 0 bridgehead atoms. The summed E-state index contributed by atoms with van der Waals surface area (Å²) in [5, 5.41) is 23.1. The maximum absolute atomic E-state index is 12.0. The molecule has 0 saturated carbocycles. The van der Waals surface area contributed by atoms with Crippen LogP contribution < -0.4 is 5.32 Å². The van der Waals surface area contributed by atoms with Crippen LogP contribution in [0.4, 0.5) is 0 Å². The Morgan fingerprint density at radius 3 is 2.53 bits per heavy atom. The van der Waals surface area contributed by atoms with Gasteiger partial charge in [-0.2, -0.15) is 0 Å². The topological polar surface area (TPSA) is 69.6 Å². The van der Waals surface area contributed by atoms with E-state index < -0.39 is 12.1 Å². The van der Waals surface area contributed by atoms with Crippen LogP contribution in [-0.4, -0.2) is 34.9 Å². The van der Waals surface area contributed by atoms with Crippen molar-refractivity contribution in [3.05, 3.63) is 48.0 Å². The van der Waals surface area contributed by atoms with Gasteiger partial charge in [-0.1, -0.05) is 30.3 Å². The van der Waals surface area contributed by atoms with Gasteiger partial charge in [0.05, 0.1) is 18.8 Å². The van der Waals surface area contributed by atoms with E-state index in [1.807, 2.05) is 30.3 Å². The van der Waals surface area contributed by atoms with Crippen molar-refractivity contribution in [1.29, 1.82) is 0 Å². The zero-order valence-corrected chi connectivity index (χ0v) is 10.7. The van der Waals surface area contributed by atoms with Gasteiger partial charge in [0.2, 0.25) is 0 Å². The summed E-state index contributed by atoms with van der Waals surface area (Å²) in [7, 11) is 0. The molecule has 2 rings (SSSR count). The standard InChI is InChI=1S/C15H17NO3/c1-10(18)14(9-17)16-15(19)13-7-6-11-4-2-3-5-12(11)8-13/h2-8,10,14,17-18H,9H2,1H3,(H,16,19)/t10?,14-/m0/s1. The van der Waals surface area contributed by atoms with E-state index in [9.17, 15) is 9.90 Å². The lowest BCUT2D eigenvalue weighted by Crippen LogP contribution is -2.44. The molecule has 0 aliphatic carbocycles. The number of hydrogen-bond donors (Lipinski definition) is 3. The summed E-state index contributed by atoms with van der Waals surface area (Å²) in [6, 6.07) is 12.5. The molecule has 0 spiro atoms. The molecule has 0 heterocycles. The van der Waals surface area contributed by atoms with Gasteiger partial charge < -0.3 is 15.5 Å². The van der Waals surface area contributed by atoms with Gasteiger partial charge in [-0.15, -0.1) is 0 Å². The van der Waals surface area contributed by atoms with Gasteiger partial charge in [0.1, 0.15) is 0 Å². The number of nitrogens with one attached hydrogen (secondary N) is 1. The summed E-state index contributed by atoms with van der Waals surface area (Å²) in [5.41, 5.74) is 0.512. The lowest BCUT2D eigenvalue weighted by molar-refractivity contribution is 0.0758. The Kier molecular flexibility index (Phi) is 4.14. The average molecular weight is 259 g/mol. The molecule has 0 fully saturated rings. The fourth-order valence-corrected chi connectivity index (χ4v) is 1.90. The SMILES string of the molecule is CC(O)[C@H](CO)NC(=O)c1ccc2ccccc2c1. The number of carbonyl (C=O) groups is 1. The van der Waals surface area contributed by atoms with Gasteiger partial charge in [0.25, 0.3) is 5.91 Å². The molecule has 19 heavy (non-hydrogen) atoms. The number of carbonyl (C=O) groups excluding carboxylic acids is 1. The molecular formula is C15H17NO3. The fourth-order valence-electron chi connectivity index (χ4n) is 1.90. The molecule has 2 aromatic rings. The summed E-state index contributed by atoms with van der Waals surface area (Å²) in [6.07, 6.45) is -0.797. The van der Waals surface area contributed by atoms with Crippen molar-refractivity contribution in [3.8, 4) is 0 Å². The molecule has 4 heteroatoms. The van der Waals surface area contributed by atoms with Gasteiger partial charge >= 0.3 is 0 Å².